The van der Waals surface area contributed by atoms with E-state index in [0.717, 1.165) is 73.9 Å². The summed E-state index contributed by atoms with van der Waals surface area (Å²) in [6.07, 6.45) is 17.0. The first-order valence-electron chi connectivity index (χ1n) is 28.5. The number of benzene rings is 4. The highest BCUT2D eigenvalue weighted by atomic mass is 35.5. The summed E-state index contributed by atoms with van der Waals surface area (Å²) >= 11 is 4.86. The van der Waals surface area contributed by atoms with E-state index in [1.165, 1.54) is 64.1 Å². The van der Waals surface area contributed by atoms with Crippen LogP contribution in [0.4, 0.5) is 9.59 Å². The Morgan fingerprint density at radius 1 is 0.551 bits per heavy atom. The number of carbonyl (C=O) groups is 5. The molecule has 524 valence electrons. The number of nitrogens with one attached hydrogen (secondary N) is 1. The molecule has 0 atom stereocenters. The maximum atomic E-state index is 11.6. The number of esters is 1. The first kappa shape index (κ1) is 82.3. The Kier molecular flexibility index (Phi) is 36.3. The number of amides is 1. The first-order chi connectivity index (χ1) is 45.9. The number of ether oxygens (including phenoxy) is 7. The summed E-state index contributed by atoms with van der Waals surface area (Å²) in [5.41, 5.74) is 8.80. The Labute approximate surface area is 569 Å². The minimum atomic E-state index is -1.03. The summed E-state index contributed by atoms with van der Waals surface area (Å²) in [5.74, 6) is 16.7. The van der Waals surface area contributed by atoms with E-state index in [2.05, 4.69) is 71.7 Å². The van der Waals surface area contributed by atoms with Crippen LogP contribution in [-0.2, 0) is 28.6 Å². The molecule has 0 spiro atoms. The Morgan fingerprint density at radius 2 is 0.898 bits per heavy atom. The molecule has 0 unspecified atom stereocenters. The van der Waals surface area contributed by atoms with Crippen LogP contribution in [-0.4, -0.2) is 151 Å². The summed E-state index contributed by atoms with van der Waals surface area (Å²) in [7, 11) is 6.43. The molecular formula is C64H81ClN18O15. The van der Waals surface area contributed by atoms with Crippen LogP contribution in [0.3, 0.4) is 0 Å². The molecule has 5 aromatic heterocycles. The summed E-state index contributed by atoms with van der Waals surface area (Å²) < 4.78 is 45.3. The van der Waals surface area contributed by atoms with Gasteiger partial charge in [-0.1, -0.05) is 35.1 Å². The van der Waals surface area contributed by atoms with Gasteiger partial charge >= 0.3 is 23.5 Å². The third-order valence-electron chi connectivity index (χ3n) is 11.5. The second kappa shape index (κ2) is 43.3. The van der Waals surface area contributed by atoms with Gasteiger partial charge in [0.2, 0.25) is 12.3 Å². The van der Waals surface area contributed by atoms with Crippen LogP contribution in [0.5, 0.6) is 23.0 Å². The average molecular weight is 1380 g/mol. The van der Waals surface area contributed by atoms with Gasteiger partial charge in [0, 0.05) is 83.0 Å². The predicted molar refractivity (Wildman–Crippen MR) is 366 cm³/mol. The number of rotatable bonds is 20. The van der Waals surface area contributed by atoms with Gasteiger partial charge in [-0.2, -0.15) is 0 Å². The summed E-state index contributed by atoms with van der Waals surface area (Å²) in [4.78, 5) is 71.0. The van der Waals surface area contributed by atoms with Crippen LogP contribution < -0.4 is 41.9 Å². The van der Waals surface area contributed by atoms with E-state index in [9.17, 15) is 24.0 Å². The molecule has 0 aliphatic heterocycles. The zero-order chi connectivity index (χ0) is 70.7. The number of methoxy groups -OCH3 is 4. The van der Waals surface area contributed by atoms with Gasteiger partial charge in [0.25, 0.3) is 5.91 Å². The summed E-state index contributed by atoms with van der Waals surface area (Å²) in [6.45, 7) is 16.1. The molecule has 10 N–H and O–H groups in total. The Balaban J connectivity index is 0.000000424. The number of nitrogens with two attached hydrogens (primary N) is 3. The second-order valence-electron chi connectivity index (χ2n) is 20.4. The van der Waals surface area contributed by atoms with E-state index >= 15 is 0 Å². The number of aliphatic carboxylic acids is 1. The summed E-state index contributed by atoms with van der Waals surface area (Å²) in [6, 6.07) is 22.9. The van der Waals surface area contributed by atoms with Crippen molar-refractivity contribution in [2.45, 2.75) is 62.8 Å². The van der Waals surface area contributed by atoms with Crippen molar-refractivity contribution in [1.29, 1.82) is 0 Å². The zero-order valence-electron chi connectivity index (χ0n) is 55.1. The lowest BCUT2D eigenvalue weighted by Gasteiger charge is -2.05. The third-order valence-corrected chi connectivity index (χ3v) is 11.6. The number of hydrogen-bond donors (Lipinski definition) is 5. The fraction of sp³-hybridized carbons (Fsp3) is 0.266. The van der Waals surface area contributed by atoms with E-state index in [1.807, 2.05) is 134 Å². The van der Waals surface area contributed by atoms with E-state index < -0.39 is 29.4 Å². The number of carboxylic acids is 1. The van der Waals surface area contributed by atoms with Crippen molar-refractivity contribution in [2.24, 2.45) is 29.4 Å². The number of hydrogen-bond acceptors (Lipinski definition) is 26. The molecule has 9 rings (SSSR count). The van der Waals surface area contributed by atoms with Crippen molar-refractivity contribution in [2.75, 3.05) is 41.7 Å². The molecule has 98 heavy (non-hydrogen) atoms. The maximum Gasteiger partial charge on any atom is 0.516 e. The van der Waals surface area contributed by atoms with Gasteiger partial charge in [0.1, 0.15) is 48.3 Å². The van der Waals surface area contributed by atoms with E-state index in [-0.39, 0.29) is 25.4 Å². The molecule has 33 nitrogen and oxygen atoms in total. The van der Waals surface area contributed by atoms with Crippen molar-refractivity contribution in [3.8, 4) is 68.5 Å². The number of hydrazine groups is 2. The standard InChI is InChI=1S/C18H21N3O5.C14H13N5O2.C13H15N5O2.C13H13N3O3.C5H9ClO2.CH4.H4N2.H2O/c1-12(2)10-25-18(23)26-16(22)5-6-21-11-19-17(20-21)14-7-13(3)8-15(9-14)24-4;1-10-5-11(7-12(6-10)20-2)14-15-8-19(18-14)4-3-13-17-16-9-21-13;1-9-5-10(7-11(6-9)20-2)13-15-8-18(17-13)4-3-12(19)16-14;1-9-5-10(7-11(6-9)19-2)13-14-8-16(15-13)4-3-12(17)18;1-4(2)3-8-5(6)7;;1-2;/h5-9,11-12H,10H2,1-4H3;3-9H,1-2H3;3-8H,14H2,1-2H3,(H,16,19);3-8H,1-2H3,(H,17,18);4H,3H2,1-2H3;1H4;1-2H2;1H2/b6-5-;3*4-3-;;;;. The Bertz CT molecular complexity index is 4060. The highest BCUT2D eigenvalue weighted by Crippen LogP contribution is 2.27. The molecule has 1 amide bonds. The van der Waals surface area contributed by atoms with Gasteiger partial charge in [-0.15, -0.1) is 30.6 Å². The Morgan fingerprint density at radius 3 is 1.20 bits per heavy atom. The molecule has 0 saturated heterocycles. The highest BCUT2D eigenvalue weighted by Gasteiger charge is 2.13. The van der Waals surface area contributed by atoms with Crippen molar-refractivity contribution >= 4 is 71.9 Å². The SMILES string of the molecule is C.CC(C)COC(=O)Cl.COc1cc(C)cc(-c2ncn(/C=C\C(=O)NN)n2)c1.COc1cc(C)cc(-c2ncn(/C=C\C(=O)O)n2)c1.COc1cc(C)cc(-c2ncn(/C=C\C(=O)OC(=O)OCC(C)C)n2)c1.COc1cc(C)cc(-c2ncn(/C=C\c3nnco3)n2)c1.NN.O. The number of aromatic nitrogens is 14. The maximum absolute atomic E-state index is 11.6. The topological polar surface area (TPSA) is 454 Å². The molecular weight excluding hydrogens is 1300 g/mol. The summed E-state index contributed by atoms with van der Waals surface area (Å²) in [5, 5.41) is 32.9. The third kappa shape index (κ3) is 30.1. The fourth-order valence-corrected chi connectivity index (χ4v) is 7.43. The van der Waals surface area contributed by atoms with E-state index in [4.69, 9.17) is 50.7 Å². The molecule has 34 heteroatoms. The monoisotopic (exact) mass is 1380 g/mol. The van der Waals surface area contributed by atoms with Crippen molar-refractivity contribution < 1.29 is 72.1 Å². The number of carbonyl (C=O) groups excluding carboxylic acids is 4. The van der Waals surface area contributed by atoms with Gasteiger partial charge in [0.15, 0.2) is 23.3 Å². The first-order valence-corrected chi connectivity index (χ1v) is 28.9. The lowest BCUT2D eigenvalue weighted by Crippen LogP contribution is -2.28. The van der Waals surface area contributed by atoms with Crippen LogP contribution in [0.2, 0.25) is 0 Å². The normalized spacial score (nSPS) is 10.4. The van der Waals surface area contributed by atoms with E-state index in [0.29, 0.717) is 47.5 Å². The number of carboxylic acid groups (broad SMARTS) is 1. The van der Waals surface area contributed by atoms with Gasteiger partial charge in [-0.05, 0) is 135 Å². The lowest BCUT2D eigenvalue weighted by atomic mass is 10.1. The number of nitrogens with zero attached hydrogens (tertiary/aromatic N) is 14. The minimum Gasteiger partial charge on any atom is -0.497 e. The fourth-order valence-electron chi connectivity index (χ4n) is 7.37. The molecule has 0 fully saturated rings. The second-order valence-corrected chi connectivity index (χ2v) is 20.7. The van der Waals surface area contributed by atoms with Crippen LogP contribution in [0.15, 0.2) is 127 Å². The molecule has 0 aliphatic carbocycles. The van der Waals surface area contributed by atoms with Crippen molar-refractivity contribution in [1.82, 2.24) is 74.7 Å². The van der Waals surface area contributed by atoms with Crippen LogP contribution in [0.1, 0.15) is 63.3 Å². The van der Waals surface area contributed by atoms with E-state index in [1.54, 1.807) is 51.7 Å². The zero-order valence-corrected chi connectivity index (χ0v) is 55.9. The average Bonchev–Trinajstić information content (AvgIpc) is 1.62. The van der Waals surface area contributed by atoms with Gasteiger partial charge in [-0.3, -0.25) is 21.9 Å². The van der Waals surface area contributed by atoms with Gasteiger partial charge in [0.05, 0.1) is 41.7 Å². The molecule has 9 aromatic rings. The van der Waals surface area contributed by atoms with Crippen LogP contribution in [0, 0.1) is 39.5 Å². The van der Waals surface area contributed by atoms with Crippen LogP contribution in [0.25, 0.3) is 76.4 Å². The molecule has 0 bridgehead atoms. The van der Waals surface area contributed by atoms with Gasteiger partial charge < -0.3 is 48.2 Å². The number of aryl methyl sites for hydroxylation is 4. The van der Waals surface area contributed by atoms with Crippen molar-refractivity contribution in [3.63, 3.8) is 0 Å². The number of halogens is 1. The van der Waals surface area contributed by atoms with Gasteiger partial charge in [-0.25, -0.2) is 63.7 Å². The minimum absolute atomic E-state index is 0. The highest BCUT2D eigenvalue weighted by molar-refractivity contribution is 6.61. The molecule has 4 aromatic carbocycles. The predicted octanol–water partition coefficient (Wildman–Crippen LogP) is 8.53. The van der Waals surface area contributed by atoms with Crippen LogP contribution >= 0.6 is 11.6 Å². The largest absolute Gasteiger partial charge is 0.516 e. The molecule has 5 heterocycles. The molecule has 0 radical (unpaired) electrons. The quantitative estimate of drug-likeness (QED) is 0.00907. The molecule has 0 aliphatic rings. The smallest absolute Gasteiger partial charge is 0.497 e. The lowest BCUT2D eigenvalue weighted by molar-refractivity contribution is -0.134. The Hall–Kier alpha value is -11.8. The van der Waals surface area contributed by atoms with Crippen molar-refractivity contribution in [3.05, 3.63) is 151 Å². The molecule has 0 saturated carbocycles.